The van der Waals surface area contributed by atoms with Crippen molar-refractivity contribution >= 4 is 23.4 Å². The molecule has 1 heterocycles. The minimum Gasteiger partial charge on any atom is -0.439 e. The zero-order valence-corrected chi connectivity index (χ0v) is 12.6. The molecule has 0 aliphatic carbocycles. The summed E-state index contributed by atoms with van der Waals surface area (Å²) >= 11 is 7.78. The second-order valence-electron chi connectivity index (χ2n) is 4.25. The maximum Gasteiger partial charge on any atom is 0.260 e. The third kappa shape index (κ3) is 4.00. The molecule has 0 aliphatic rings. The Hall–Kier alpha value is -0.970. The lowest BCUT2D eigenvalue weighted by molar-refractivity contribution is 0.454. The van der Waals surface area contributed by atoms with Crippen molar-refractivity contribution in [2.24, 2.45) is 0 Å². The number of hydrogen-bond donors (Lipinski definition) is 1. The van der Waals surface area contributed by atoms with Crippen LogP contribution in [0.15, 0.2) is 39.0 Å². The van der Waals surface area contributed by atoms with Crippen LogP contribution in [0.25, 0.3) is 0 Å². The van der Waals surface area contributed by atoms with Gasteiger partial charge in [0.25, 0.3) is 5.22 Å². The van der Waals surface area contributed by atoms with E-state index >= 15 is 0 Å². The number of halogens is 1. The van der Waals surface area contributed by atoms with E-state index in [0.29, 0.717) is 5.22 Å². The highest BCUT2D eigenvalue weighted by Gasteiger charge is 2.11. The minimum absolute atomic E-state index is 0.650. The van der Waals surface area contributed by atoms with Crippen molar-refractivity contribution in [1.82, 2.24) is 10.3 Å². The average molecular weight is 297 g/mol. The van der Waals surface area contributed by atoms with Gasteiger partial charge in [-0.05, 0) is 49.3 Å². The molecule has 2 rings (SSSR count). The lowest BCUT2D eigenvalue weighted by Gasteiger charge is -2.10. The topological polar surface area (TPSA) is 38.1 Å². The summed E-state index contributed by atoms with van der Waals surface area (Å²) in [5.74, 6) is 0. The zero-order valence-electron chi connectivity index (χ0n) is 11.1. The van der Waals surface area contributed by atoms with Gasteiger partial charge in [-0.25, -0.2) is 4.98 Å². The molecule has 0 saturated carbocycles. The first-order valence-corrected chi connectivity index (χ1v) is 7.48. The van der Waals surface area contributed by atoms with Crippen LogP contribution in [0.2, 0.25) is 5.02 Å². The number of nitrogens with one attached hydrogen (secondary N) is 1. The largest absolute Gasteiger partial charge is 0.439 e. The summed E-state index contributed by atoms with van der Waals surface area (Å²) in [6.45, 7) is 5.79. The second kappa shape index (κ2) is 6.98. The summed E-state index contributed by atoms with van der Waals surface area (Å²) in [6.07, 6.45) is 2.76. The monoisotopic (exact) mass is 296 g/mol. The van der Waals surface area contributed by atoms with Gasteiger partial charge >= 0.3 is 0 Å². The molecule has 0 amide bonds. The Morgan fingerprint density at radius 1 is 1.42 bits per heavy atom. The van der Waals surface area contributed by atoms with Gasteiger partial charge < -0.3 is 9.73 Å². The second-order valence-corrected chi connectivity index (χ2v) is 5.65. The van der Waals surface area contributed by atoms with E-state index in [1.54, 1.807) is 6.26 Å². The predicted molar refractivity (Wildman–Crippen MR) is 78.8 cm³/mol. The Balaban J connectivity index is 2.16. The highest BCUT2D eigenvalue weighted by molar-refractivity contribution is 7.99. The van der Waals surface area contributed by atoms with E-state index in [1.165, 1.54) is 11.8 Å². The van der Waals surface area contributed by atoms with Crippen LogP contribution in [0.5, 0.6) is 0 Å². The van der Waals surface area contributed by atoms with Gasteiger partial charge in [0, 0.05) is 16.5 Å². The molecule has 0 spiro atoms. The van der Waals surface area contributed by atoms with Crippen LogP contribution < -0.4 is 5.32 Å². The molecule has 1 N–H and O–H groups in total. The van der Waals surface area contributed by atoms with Crippen LogP contribution >= 0.6 is 23.4 Å². The summed E-state index contributed by atoms with van der Waals surface area (Å²) in [4.78, 5) is 5.39. The van der Waals surface area contributed by atoms with Gasteiger partial charge in [-0.2, -0.15) is 0 Å². The van der Waals surface area contributed by atoms with E-state index in [9.17, 15) is 0 Å². The van der Waals surface area contributed by atoms with Crippen molar-refractivity contribution < 1.29 is 4.42 Å². The maximum absolute atomic E-state index is 6.28. The maximum atomic E-state index is 6.28. The van der Waals surface area contributed by atoms with Gasteiger partial charge in [0.2, 0.25) is 0 Å². The number of hydrogen-bond acceptors (Lipinski definition) is 4. The van der Waals surface area contributed by atoms with Crippen molar-refractivity contribution in [2.75, 3.05) is 6.54 Å². The summed E-state index contributed by atoms with van der Waals surface area (Å²) in [6, 6.07) is 5.90. The molecule has 19 heavy (non-hydrogen) atoms. The van der Waals surface area contributed by atoms with E-state index in [0.717, 1.165) is 40.7 Å². The van der Waals surface area contributed by atoms with E-state index in [4.69, 9.17) is 16.0 Å². The Labute approximate surface area is 122 Å². The third-order valence-corrected chi connectivity index (χ3v) is 3.92. The van der Waals surface area contributed by atoms with E-state index in [-0.39, 0.29) is 0 Å². The van der Waals surface area contributed by atoms with Crippen LogP contribution in [0.1, 0.15) is 24.6 Å². The van der Waals surface area contributed by atoms with Gasteiger partial charge in [0.15, 0.2) is 0 Å². The standard InChI is InChI=1S/C14H17ClN2OS/c1-3-7-16-8-11-12(15)5-4-6-13(11)19-14-17-10(2)9-18-14/h4-6,9,16H,3,7-8H2,1-2H3. The van der Waals surface area contributed by atoms with Gasteiger partial charge in [-0.3, -0.25) is 0 Å². The molecule has 3 nitrogen and oxygen atoms in total. The molecular weight excluding hydrogens is 280 g/mol. The summed E-state index contributed by atoms with van der Waals surface area (Å²) in [5.41, 5.74) is 1.98. The Bertz CT molecular complexity index is 542. The van der Waals surface area contributed by atoms with Crippen molar-refractivity contribution in [1.29, 1.82) is 0 Å². The Kier molecular flexibility index (Phi) is 5.31. The normalized spacial score (nSPS) is 10.9. The lowest BCUT2D eigenvalue weighted by Crippen LogP contribution is -2.14. The highest BCUT2D eigenvalue weighted by Crippen LogP contribution is 2.33. The quantitative estimate of drug-likeness (QED) is 0.807. The third-order valence-electron chi connectivity index (χ3n) is 2.60. The molecule has 1 aromatic carbocycles. The van der Waals surface area contributed by atoms with Gasteiger partial charge in [0.05, 0.1) is 5.69 Å². The average Bonchev–Trinajstić information content (AvgIpc) is 2.78. The van der Waals surface area contributed by atoms with Gasteiger partial charge in [0.1, 0.15) is 6.26 Å². The molecule has 0 saturated heterocycles. The summed E-state index contributed by atoms with van der Waals surface area (Å²) < 4.78 is 5.38. The number of rotatable bonds is 6. The molecule has 2 aromatic rings. The fraction of sp³-hybridized carbons (Fsp3) is 0.357. The van der Waals surface area contributed by atoms with Crippen molar-refractivity contribution in [3.63, 3.8) is 0 Å². The SMILES string of the molecule is CCCNCc1c(Cl)cccc1Sc1nc(C)co1. The molecule has 0 bridgehead atoms. The first-order chi connectivity index (χ1) is 9.20. The Morgan fingerprint density at radius 3 is 2.95 bits per heavy atom. The fourth-order valence-corrected chi connectivity index (χ4v) is 2.89. The number of oxazole rings is 1. The molecule has 102 valence electrons. The first kappa shape index (κ1) is 14.4. The van der Waals surface area contributed by atoms with E-state index in [1.807, 2.05) is 25.1 Å². The van der Waals surface area contributed by atoms with Crippen molar-refractivity contribution in [3.8, 4) is 0 Å². The smallest absolute Gasteiger partial charge is 0.260 e. The molecule has 5 heteroatoms. The summed E-state index contributed by atoms with van der Waals surface area (Å²) in [5, 5.41) is 4.80. The predicted octanol–water partition coefficient (Wildman–Crippen LogP) is 4.29. The molecule has 0 atom stereocenters. The van der Waals surface area contributed by atoms with Gasteiger partial charge in [-0.1, -0.05) is 24.6 Å². The molecule has 0 aliphatic heterocycles. The van der Waals surface area contributed by atoms with E-state index < -0.39 is 0 Å². The van der Waals surface area contributed by atoms with Crippen LogP contribution in [-0.4, -0.2) is 11.5 Å². The molecule has 1 aromatic heterocycles. The van der Waals surface area contributed by atoms with Crippen LogP contribution in [0, 0.1) is 6.92 Å². The highest BCUT2D eigenvalue weighted by atomic mass is 35.5. The summed E-state index contributed by atoms with van der Waals surface area (Å²) in [7, 11) is 0. The molecular formula is C14H17ClN2OS. The Morgan fingerprint density at radius 2 is 2.26 bits per heavy atom. The molecule has 0 fully saturated rings. The number of aryl methyl sites for hydroxylation is 1. The number of aromatic nitrogens is 1. The van der Waals surface area contributed by atoms with E-state index in [2.05, 4.69) is 17.2 Å². The van der Waals surface area contributed by atoms with Crippen molar-refractivity contribution in [2.45, 2.75) is 36.9 Å². The zero-order chi connectivity index (χ0) is 13.7. The number of benzene rings is 1. The molecule has 0 radical (unpaired) electrons. The first-order valence-electron chi connectivity index (χ1n) is 6.28. The fourth-order valence-electron chi connectivity index (χ4n) is 1.67. The van der Waals surface area contributed by atoms with Crippen molar-refractivity contribution in [3.05, 3.63) is 40.7 Å². The lowest BCUT2D eigenvalue weighted by atomic mass is 10.2. The van der Waals surface area contributed by atoms with Crippen LogP contribution in [0.3, 0.4) is 0 Å². The minimum atomic E-state index is 0.650. The van der Waals surface area contributed by atoms with Crippen LogP contribution in [0.4, 0.5) is 0 Å². The van der Waals surface area contributed by atoms with Gasteiger partial charge in [-0.15, -0.1) is 0 Å². The number of nitrogens with zero attached hydrogens (tertiary/aromatic N) is 1. The molecule has 0 unspecified atom stereocenters. The van der Waals surface area contributed by atoms with Crippen LogP contribution in [-0.2, 0) is 6.54 Å².